The van der Waals surface area contributed by atoms with Crippen LogP contribution in [0.2, 0.25) is 0 Å². The molecule has 0 aromatic carbocycles. The van der Waals surface area contributed by atoms with Crippen LogP contribution >= 0.6 is 0 Å². The van der Waals surface area contributed by atoms with Crippen LogP contribution in [0, 0.1) is 17.8 Å². The lowest BCUT2D eigenvalue weighted by molar-refractivity contribution is -0.776. The van der Waals surface area contributed by atoms with Crippen LogP contribution in [0.5, 0.6) is 0 Å². The molecule has 0 amide bonds. The molecule has 0 spiro atoms. The second-order valence-electron chi connectivity index (χ2n) is 7.78. The number of aromatic nitrogens is 1. The first-order chi connectivity index (χ1) is 10.2. The van der Waals surface area contributed by atoms with Crippen molar-refractivity contribution in [2.24, 2.45) is 17.8 Å². The van der Waals surface area contributed by atoms with Gasteiger partial charge in [0.15, 0.2) is 17.9 Å². The average molecular weight is 365 g/mol. The minimum absolute atomic E-state index is 0. The molecule has 0 N–H and O–H groups in total. The number of halogens is 1. The van der Waals surface area contributed by atoms with Gasteiger partial charge < -0.3 is 21.9 Å². The molecule has 1 aromatic rings. The Bertz CT molecular complexity index is 471. The van der Waals surface area contributed by atoms with E-state index in [4.69, 9.17) is 0 Å². The second-order valence-corrected chi connectivity index (χ2v) is 7.78. The summed E-state index contributed by atoms with van der Waals surface area (Å²) in [4.78, 5) is 2.43. The van der Waals surface area contributed by atoms with Gasteiger partial charge in [0.1, 0.15) is 0 Å². The molecule has 4 aliphatic carbocycles. The van der Waals surface area contributed by atoms with E-state index in [2.05, 4.69) is 47.8 Å². The van der Waals surface area contributed by atoms with E-state index in [1.54, 1.807) is 0 Å². The van der Waals surface area contributed by atoms with Crippen molar-refractivity contribution in [1.82, 2.24) is 0 Å². The Morgan fingerprint density at radius 1 is 0.955 bits per heavy atom. The first-order valence-electron chi connectivity index (χ1n) is 8.99. The molecule has 0 aliphatic heterocycles. The van der Waals surface area contributed by atoms with Crippen LogP contribution in [-0.4, -0.2) is 13.1 Å². The number of rotatable bonds is 4. The fourth-order valence-corrected chi connectivity index (χ4v) is 5.92. The molecule has 4 aliphatic rings. The molecule has 1 heterocycles. The van der Waals surface area contributed by atoms with Gasteiger partial charge in [-0.25, -0.2) is 0 Å². The predicted molar refractivity (Wildman–Crippen MR) is 86.3 cm³/mol. The molecule has 0 radical (unpaired) electrons. The standard InChI is InChI=1S/C19H29N2.BrH/c1-3-20(4-2)18-5-7-21(8-6-18)19-12-15-9-16(13-19)11-17(10-15)14-19;/h5-8,15-17H,3-4,9-14H2,1-2H3;1H/q+1;/p-1. The smallest absolute Gasteiger partial charge is 0.171 e. The first kappa shape index (κ1) is 16.3. The van der Waals surface area contributed by atoms with Crippen LogP contribution in [-0.2, 0) is 5.54 Å². The highest BCUT2D eigenvalue weighted by atomic mass is 79.9. The van der Waals surface area contributed by atoms with E-state index in [-0.39, 0.29) is 17.0 Å². The summed E-state index contributed by atoms with van der Waals surface area (Å²) in [6.07, 6.45) is 13.6. The van der Waals surface area contributed by atoms with Crippen LogP contribution in [0.15, 0.2) is 24.5 Å². The summed E-state index contributed by atoms with van der Waals surface area (Å²) >= 11 is 0. The summed E-state index contributed by atoms with van der Waals surface area (Å²) in [5.74, 6) is 3.06. The van der Waals surface area contributed by atoms with Gasteiger partial charge in [0, 0.05) is 50.2 Å². The average Bonchev–Trinajstić information content (AvgIpc) is 2.48. The Balaban J connectivity index is 0.00000144. The first-order valence-corrected chi connectivity index (χ1v) is 8.99. The van der Waals surface area contributed by atoms with Crippen LogP contribution < -0.4 is 26.4 Å². The van der Waals surface area contributed by atoms with E-state index in [1.165, 1.54) is 44.2 Å². The maximum Gasteiger partial charge on any atom is 0.171 e. The quantitative estimate of drug-likeness (QED) is 0.715. The number of pyridine rings is 1. The molecule has 0 atom stereocenters. The summed E-state index contributed by atoms with van der Waals surface area (Å²) in [5.41, 5.74) is 1.84. The second kappa shape index (κ2) is 6.14. The lowest BCUT2D eigenvalue weighted by Gasteiger charge is -2.53. The Morgan fingerprint density at radius 3 is 1.82 bits per heavy atom. The van der Waals surface area contributed by atoms with Gasteiger partial charge in [-0.05, 0) is 50.9 Å². The van der Waals surface area contributed by atoms with Crippen molar-refractivity contribution in [1.29, 1.82) is 0 Å². The van der Waals surface area contributed by atoms with Gasteiger partial charge in [-0.3, -0.25) is 0 Å². The number of anilines is 1. The van der Waals surface area contributed by atoms with Gasteiger partial charge in [0.2, 0.25) is 0 Å². The molecule has 0 saturated heterocycles. The lowest BCUT2D eigenvalue weighted by Crippen LogP contribution is -3.00. The number of hydrogen-bond acceptors (Lipinski definition) is 1. The zero-order valence-electron chi connectivity index (χ0n) is 14.0. The van der Waals surface area contributed by atoms with E-state index in [0.29, 0.717) is 5.54 Å². The largest absolute Gasteiger partial charge is 1.00 e. The Kier molecular flexibility index (Phi) is 4.55. The van der Waals surface area contributed by atoms with Crippen molar-refractivity contribution in [3.05, 3.63) is 24.5 Å². The topological polar surface area (TPSA) is 7.12 Å². The molecular weight excluding hydrogens is 336 g/mol. The third-order valence-corrected chi connectivity index (χ3v) is 6.49. The van der Waals surface area contributed by atoms with Crippen LogP contribution in [0.25, 0.3) is 0 Å². The summed E-state index contributed by atoms with van der Waals surface area (Å²) < 4.78 is 2.59. The summed E-state index contributed by atoms with van der Waals surface area (Å²) in [5, 5.41) is 0. The zero-order chi connectivity index (χ0) is 14.4. The third-order valence-electron chi connectivity index (χ3n) is 6.49. The van der Waals surface area contributed by atoms with Gasteiger partial charge in [0.25, 0.3) is 0 Å². The Morgan fingerprint density at radius 2 is 1.41 bits per heavy atom. The molecule has 4 bridgehead atoms. The van der Waals surface area contributed by atoms with Crippen molar-refractivity contribution in [2.45, 2.75) is 57.9 Å². The highest BCUT2D eigenvalue weighted by Gasteiger charge is 2.56. The number of nitrogens with zero attached hydrogens (tertiary/aromatic N) is 2. The highest BCUT2D eigenvalue weighted by Crippen LogP contribution is 2.56. The molecule has 2 nitrogen and oxygen atoms in total. The van der Waals surface area contributed by atoms with Gasteiger partial charge in [-0.15, -0.1) is 0 Å². The van der Waals surface area contributed by atoms with Crippen molar-refractivity contribution < 1.29 is 21.5 Å². The minimum atomic E-state index is 0. The SMILES string of the molecule is CCN(CC)c1cc[n+](C23CC4CC(CC(C4)C2)C3)cc1.[Br-]. The maximum atomic E-state index is 2.59. The van der Waals surface area contributed by atoms with Crippen molar-refractivity contribution in [3.63, 3.8) is 0 Å². The van der Waals surface area contributed by atoms with Crippen molar-refractivity contribution in [3.8, 4) is 0 Å². The third kappa shape index (κ3) is 2.60. The lowest BCUT2D eigenvalue weighted by atomic mass is 9.53. The van der Waals surface area contributed by atoms with Gasteiger partial charge in [-0.2, -0.15) is 4.57 Å². The van der Waals surface area contributed by atoms with Crippen molar-refractivity contribution in [2.75, 3.05) is 18.0 Å². The molecule has 22 heavy (non-hydrogen) atoms. The van der Waals surface area contributed by atoms with Crippen LogP contribution in [0.4, 0.5) is 5.69 Å². The van der Waals surface area contributed by atoms with E-state index in [0.717, 1.165) is 30.8 Å². The number of hydrogen-bond donors (Lipinski definition) is 0. The summed E-state index contributed by atoms with van der Waals surface area (Å²) in [6, 6.07) is 4.68. The maximum absolute atomic E-state index is 2.59. The molecule has 3 heteroatoms. The van der Waals surface area contributed by atoms with Crippen LogP contribution in [0.3, 0.4) is 0 Å². The van der Waals surface area contributed by atoms with Gasteiger partial charge >= 0.3 is 0 Å². The molecule has 4 fully saturated rings. The molecule has 4 saturated carbocycles. The highest BCUT2D eigenvalue weighted by molar-refractivity contribution is 5.43. The predicted octanol–water partition coefficient (Wildman–Crippen LogP) is 0.750. The molecular formula is C19H29BrN2. The van der Waals surface area contributed by atoms with E-state index < -0.39 is 0 Å². The molecule has 5 rings (SSSR count). The molecule has 0 unspecified atom stereocenters. The minimum Gasteiger partial charge on any atom is -1.00 e. The van der Waals surface area contributed by atoms with E-state index in [1.807, 2.05) is 0 Å². The van der Waals surface area contributed by atoms with E-state index >= 15 is 0 Å². The van der Waals surface area contributed by atoms with E-state index in [9.17, 15) is 0 Å². The molecule has 1 aromatic heterocycles. The Labute approximate surface area is 145 Å². The van der Waals surface area contributed by atoms with Gasteiger partial charge in [0.05, 0.1) is 0 Å². The fraction of sp³-hybridized carbons (Fsp3) is 0.737. The Hall–Kier alpha value is -0.570. The van der Waals surface area contributed by atoms with Crippen LogP contribution in [0.1, 0.15) is 52.4 Å². The van der Waals surface area contributed by atoms with Gasteiger partial charge in [-0.1, -0.05) is 0 Å². The normalized spacial score (nSPS) is 35.3. The molecule has 122 valence electrons. The fourth-order valence-electron chi connectivity index (χ4n) is 5.92. The monoisotopic (exact) mass is 364 g/mol. The summed E-state index contributed by atoms with van der Waals surface area (Å²) in [6.45, 7) is 6.67. The van der Waals surface area contributed by atoms with Crippen molar-refractivity contribution >= 4 is 5.69 Å². The zero-order valence-corrected chi connectivity index (χ0v) is 15.6. The summed E-state index contributed by atoms with van der Waals surface area (Å²) in [7, 11) is 0.